The van der Waals surface area contributed by atoms with Crippen molar-refractivity contribution >= 4 is 5.69 Å². The molecule has 0 radical (unpaired) electrons. The molecule has 3 heteroatoms. The number of unbranched alkanes of at least 4 members (excludes halogenated alkanes) is 2. The zero-order valence-corrected chi connectivity index (χ0v) is 11.5. The predicted octanol–water partition coefficient (Wildman–Crippen LogP) is 3.95. The molecule has 18 heavy (non-hydrogen) atoms. The Labute approximate surface area is 110 Å². The summed E-state index contributed by atoms with van der Waals surface area (Å²) in [6, 6.07) is 8.02. The minimum Gasteiger partial charge on any atom is -0.495 e. The molecular weight excluding hydrogens is 224 g/mol. The maximum absolute atomic E-state index is 8.85. The van der Waals surface area contributed by atoms with Crippen LogP contribution in [0.25, 0.3) is 0 Å². The van der Waals surface area contributed by atoms with Crippen molar-refractivity contribution in [3.63, 3.8) is 0 Å². The van der Waals surface area contributed by atoms with Crippen molar-refractivity contribution in [2.45, 2.75) is 45.6 Å². The van der Waals surface area contributed by atoms with E-state index in [2.05, 4.69) is 25.2 Å². The number of anilines is 1. The van der Waals surface area contributed by atoms with Crippen LogP contribution in [-0.4, -0.2) is 13.2 Å². The number of hydrogen-bond acceptors (Lipinski definition) is 3. The third kappa shape index (κ3) is 4.29. The number of nitriles is 1. The Morgan fingerprint density at radius 2 is 2.17 bits per heavy atom. The van der Waals surface area contributed by atoms with Crippen molar-refractivity contribution in [1.82, 2.24) is 0 Å². The standard InChI is InChI=1S/C15H22N2O/c1-4-5-6-7-12(2)17-14-9-8-13(11-16)10-15(14)18-3/h8-10,12,17H,4-7H2,1-3H3. The Hall–Kier alpha value is -1.69. The summed E-state index contributed by atoms with van der Waals surface area (Å²) in [5.74, 6) is 0.733. The SMILES string of the molecule is CCCCCC(C)Nc1ccc(C#N)cc1OC. The van der Waals surface area contributed by atoms with Gasteiger partial charge in [-0.3, -0.25) is 0 Å². The Morgan fingerprint density at radius 1 is 1.39 bits per heavy atom. The van der Waals surface area contributed by atoms with Gasteiger partial charge in [-0.05, 0) is 25.5 Å². The molecule has 1 atom stereocenters. The van der Waals surface area contributed by atoms with Crippen LogP contribution < -0.4 is 10.1 Å². The van der Waals surface area contributed by atoms with E-state index in [1.54, 1.807) is 13.2 Å². The molecule has 0 heterocycles. The highest BCUT2D eigenvalue weighted by atomic mass is 16.5. The first-order chi connectivity index (χ1) is 8.71. The molecule has 98 valence electrons. The van der Waals surface area contributed by atoms with Crippen LogP contribution in [-0.2, 0) is 0 Å². The Morgan fingerprint density at radius 3 is 2.78 bits per heavy atom. The minimum absolute atomic E-state index is 0.415. The zero-order chi connectivity index (χ0) is 13.4. The third-order valence-electron chi connectivity index (χ3n) is 2.97. The van der Waals surface area contributed by atoms with E-state index in [1.807, 2.05) is 12.1 Å². The van der Waals surface area contributed by atoms with Crippen molar-refractivity contribution in [2.75, 3.05) is 12.4 Å². The topological polar surface area (TPSA) is 45.0 Å². The maximum atomic E-state index is 8.85. The Kier molecular flexibility index (Phi) is 6.07. The molecule has 0 saturated carbocycles. The summed E-state index contributed by atoms with van der Waals surface area (Å²) in [5.41, 5.74) is 1.58. The Balaban J connectivity index is 2.63. The minimum atomic E-state index is 0.415. The van der Waals surface area contributed by atoms with Crippen LogP contribution in [0.2, 0.25) is 0 Å². The fourth-order valence-corrected chi connectivity index (χ4v) is 1.92. The third-order valence-corrected chi connectivity index (χ3v) is 2.97. The van der Waals surface area contributed by atoms with E-state index in [0.29, 0.717) is 11.6 Å². The van der Waals surface area contributed by atoms with Gasteiger partial charge in [-0.15, -0.1) is 0 Å². The van der Waals surface area contributed by atoms with Crippen LogP contribution in [0.4, 0.5) is 5.69 Å². The van der Waals surface area contributed by atoms with Gasteiger partial charge in [0.15, 0.2) is 0 Å². The smallest absolute Gasteiger partial charge is 0.143 e. The predicted molar refractivity (Wildman–Crippen MR) is 74.9 cm³/mol. The lowest BCUT2D eigenvalue weighted by molar-refractivity contribution is 0.415. The molecule has 1 rings (SSSR count). The molecule has 0 aliphatic carbocycles. The number of rotatable bonds is 7. The highest BCUT2D eigenvalue weighted by molar-refractivity contribution is 5.59. The van der Waals surface area contributed by atoms with E-state index in [4.69, 9.17) is 10.00 Å². The molecule has 1 unspecified atom stereocenters. The van der Waals surface area contributed by atoms with Gasteiger partial charge in [-0.25, -0.2) is 0 Å². The van der Waals surface area contributed by atoms with E-state index in [9.17, 15) is 0 Å². The zero-order valence-electron chi connectivity index (χ0n) is 11.5. The summed E-state index contributed by atoms with van der Waals surface area (Å²) in [7, 11) is 1.63. The second-order valence-corrected chi connectivity index (χ2v) is 4.57. The molecule has 1 aromatic carbocycles. The summed E-state index contributed by atoms with van der Waals surface area (Å²) >= 11 is 0. The summed E-state index contributed by atoms with van der Waals surface area (Å²) < 4.78 is 5.30. The molecule has 1 N–H and O–H groups in total. The molecule has 0 bridgehead atoms. The number of methoxy groups -OCH3 is 1. The molecule has 0 amide bonds. The van der Waals surface area contributed by atoms with Crippen molar-refractivity contribution in [2.24, 2.45) is 0 Å². The average molecular weight is 246 g/mol. The highest BCUT2D eigenvalue weighted by Crippen LogP contribution is 2.26. The molecule has 3 nitrogen and oxygen atoms in total. The highest BCUT2D eigenvalue weighted by Gasteiger charge is 2.07. The lowest BCUT2D eigenvalue weighted by atomic mass is 10.1. The summed E-state index contributed by atoms with van der Waals surface area (Å²) in [6.45, 7) is 4.38. The van der Waals surface area contributed by atoms with Crippen LogP contribution in [0.1, 0.15) is 45.1 Å². The fraction of sp³-hybridized carbons (Fsp3) is 0.533. The molecule has 0 aliphatic rings. The normalized spacial score (nSPS) is 11.7. The lowest BCUT2D eigenvalue weighted by Gasteiger charge is -2.17. The molecular formula is C15H22N2O. The second kappa shape index (κ2) is 7.60. The molecule has 0 fully saturated rings. The summed E-state index contributed by atoms with van der Waals surface area (Å²) in [6.07, 6.45) is 4.91. The quantitative estimate of drug-likeness (QED) is 0.741. The first-order valence-corrected chi connectivity index (χ1v) is 6.56. The maximum Gasteiger partial charge on any atom is 0.143 e. The van der Waals surface area contributed by atoms with Crippen molar-refractivity contribution in [3.05, 3.63) is 23.8 Å². The number of nitrogens with one attached hydrogen (secondary N) is 1. The van der Waals surface area contributed by atoms with Gasteiger partial charge in [0.05, 0.1) is 24.4 Å². The van der Waals surface area contributed by atoms with E-state index < -0.39 is 0 Å². The van der Waals surface area contributed by atoms with Crippen molar-refractivity contribution < 1.29 is 4.74 Å². The number of ether oxygens (including phenoxy) is 1. The molecule has 0 spiro atoms. The summed E-state index contributed by atoms with van der Waals surface area (Å²) in [4.78, 5) is 0. The molecule has 0 aromatic heterocycles. The fourth-order valence-electron chi connectivity index (χ4n) is 1.92. The van der Waals surface area contributed by atoms with E-state index in [-0.39, 0.29) is 0 Å². The Bertz CT molecular complexity index is 409. The molecule has 1 aromatic rings. The van der Waals surface area contributed by atoms with Gasteiger partial charge >= 0.3 is 0 Å². The summed E-state index contributed by atoms with van der Waals surface area (Å²) in [5, 5.41) is 12.3. The van der Waals surface area contributed by atoms with Gasteiger partial charge in [0.25, 0.3) is 0 Å². The van der Waals surface area contributed by atoms with Crippen molar-refractivity contribution in [3.8, 4) is 11.8 Å². The average Bonchev–Trinajstić information content (AvgIpc) is 2.39. The van der Waals surface area contributed by atoms with Crippen LogP contribution in [0.5, 0.6) is 5.75 Å². The van der Waals surface area contributed by atoms with Crippen LogP contribution in [0.15, 0.2) is 18.2 Å². The van der Waals surface area contributed by atoms with Crippen LogP contribution >= 0.6 is 0 Å². The van der Waals surface area contributed by atoms with Gasteiger partial charge in [0.1, 0.15) is 5.75 Å². The van der Waals surface area contributed by atoms with Crippen LogP contribution in [0.3, 0.4) is 0 Å². The number of nitrogens with zero attached hydrogens (tertiary/aromatic N) is 1. The first kappa shape index (κ1) is 14.4. The molecule has 0 aliphatic heterocycles. The number of benzene rings is 1. The van der Waals surface area contributed by atoms with Gasteiger partial charge in [0, 0.05) is 12.1 Å². The van der Waals surface area contributed by atoms with Gasteiger partial charge in [-0.2, -0.15) is 5.26 Å². The largest absolute Gasteiger partial charge is 0.495 e. The van der Waals surface area contributed by atoms with E-state index in [0.717, 1.165) is 17.9 Å². The van der Waals surface area contributed by atoms with E-state index in [1.165, 1.54) is 19.3 Å². The van der Waals surface area contributed by atoms with Gasteiger partial charge < -0.3 is 10.1 Å². The van der Waals surface area contributed by atoms with E-state index >= 15 is 0 Å². The van der Waals surface area contributed by atoms with Gasteiger partial charge in [0.2, 0.25) is 0 Å². The monoisotopic (exact) mass is 246 g/mol. The molecule has 0 saturated heterocycles. The second-order valence-electron chi connectivity index (χ2n) is 4.57. The number of hydrogen-bond donors (Lipinski definition) is 1. The van der Waals surface area contributed by atoms with Crippen molar-refractivity contribution in [1.29, 1.82) is 5.26 Å². The van der Waals surface area contributed by atoms with Crippen LogP contribution in [0, 0.1) is 11.3 Å². The van der Waals surface area contributed by atoms with Gasteiger partial charge in [-0.1, -0.05) is 26.2 Å². The first-order valence-electron chi connectivity index (χ1n) is 6.56. The lowest BCUT2D eigenvalue weighted by Crippen LogP contribution is -2.15.